The maximum Gasteiger partial charge on any atom is 0.631 e. The minimum absolute atomic E-state index is 1.01. The third-order valence-electron chi connectivity index (χ3n) is 2.23. The van der Waals surface area contributed by atoms with E-state index in [-0.39, 0.29) is 0 Å². The van der Waals surface area contributed by atoms with Crippen LogP contribution in [0.3, 0.4) is 0 Å². The summed E-state index contributed by atoms with van der Waals surface area (Å²) in [6.07, 6.45) is 0. The van der Waals surface area contributed by atoms with E-state index in [4.69, 9.17) is 25.3 Å². The standard InChI is InChI=1S/C6H5Br.C6H14O2.BH3O3/c7-6-4-2-1-3-5-6;1-5(2,7)6(3,4)8;2-1(3)4/h1-5H;7-8H,1-4H3;2-4H. The van der Waals surface area contributed by atoms with Crippen LogP contribution < -0.4 is 0 Å². The summed E-state index contributed by atoms with van der Waals surface area (Å²) < 4.78 is 1.13. The van der Waals surface area contributed by atoms with Crippen LogP contribution in [0.4, 0.5) is 0 Å². The predicted molar refractivity (Wildman–Crippen MR) is 79.1 cm³/mol. The van der Waals surface area contributed by atoms with Crippen molar-refractivity contribution < 1.29 is 25.3 Å². The Hall–Kier alpha value is -0.435. The minimum Gasteiger partial charge on any atom is -0.402 e. The molecule has 0 aliphatic rings. The second kappa shape index (κ2) is 9.47. The number of hydrogen-bond donors (Lipinski definition) is 5. The van der Waals surface area contributed by atoms with Gasteiger partial charge in [-0.1, -0.05) is 34.1 Å². The summed E-state index contributed by atoms with van der Waals surface area (Å²) in [6, 6.07) is 9.97. The topological polar surface area (TPSA) is 101 Å². The maximum absolute atomic E-state index is 9.10. The highest BCUT2D eigenvalue weighted by molar-refractivity contribution is 9.10. The highest BCUT2D eigenvalue weighted by Gasteiger charge is 2.31. The molecule has 19 heavy (non-hydrogen) atoms. The van der Waals surface area contributed by atoms with Crippen LogP contribution in [0, 0.1) is 0 Å². The van der Waals surface area contributed by atoms with Crippen molar-refractivity contribution >= 4 is 23.3 Å². The van der Waals surface area contributed by atoms with Crippen molar-refractivity contribution in [3.05, 3.63) is 34.8 Å². The van der Waals surface area contributed by atoms with E-state index < -0.39 is 18.5 Å². The smallest absolute Gasteiger partial charge is 0.402 e. The molecule has 0 saturated heterocycles. The quantitative estimate of drug-likeness (QED) is 0.491. The van der Waals surface area contributed by atoms with E-state index in [0.717, 1.165) is 4.47 Å². The maximum atomic E-state index is 9.10. The molecule has 110 valence electrons. The normalized spacial score (nSPS) is 10.6. The summed E-state index contributed by atoms with van der Waals surface area (Å²) in [4.78, 5) is 0. The Kier molecular flexibility index (Phi) is 10.4. The van der Waals surface area contributed by atoms with Crippen molar-refractivity contribution in [2.24, 2.45) is 0 Å². The van der Waals surface area contributed by atoms with Gasteiger partial charge in [0.25, 0.3) is 0 Å². The van der Waals surface area contributed by atoms with E-state index in [2.05, 4.69) is 15.9 Å². The molecule has 1 aromatic carbocycles. The molecule has 0 saturated carbocycles. The zero-order valence-corrected chi connectivity index (χ0v) is 13.2. The predicted octanol–water partition coefficient (Wildman–Crippen LogP) is 0.925. The summed E-state index contributed by atoms with van der Waals surface area (Å²) in [5, 5.41) is 39.7. The van der Waals surface area contributed by atoms with E-state index >= 15 is 0 Å². The lowest BCUT2D eigenvalue weighted by molar-refractivity contribution is -0.107. The third-order valence-corrected chi connectivity index (χ3v) is 2.76. The molecule has 0 atom stereocenters. The van der Waals surface area contributed by atoms with E-state index in [1.807, 2.05) is 30.3 Å². The lowest BCUT2D eigenvalue weighted by Gasteiger charge is -2.31. The second-order valence-electron chi connectivity index (χ2n) is 4.76. The van der Waals surface area contributed by atoms with Gasteiger partial charge in [-0.15, -0.1) is 0 Å². The van der Waals surface area contributed by atoms with Crippen LogP contribution in [-0.4, -0.2) is 43.8 Å². The number of aliphatic hydroxyl groups is 2. The Bertz CT molecular complexity index is 304. The van der Waals surface area contributed by atoms with Crippen molar-refractivity contribution in [3.63, 3.8) is 0 Å². The van der Waals surface area contributed by atoms with Gasteiger partial charge in [-0.25, -0.2) is 0 Å². The van der Waals surface area contributed by atoms with Gasteiger partial charge in [-0.2, -0.15) is 0 Å². The Morgan fingerprint density at radius 2 is 1.11 bits per heavy atom. The molecule has 0 bridgehead atoms. The first-order valence-electron chi connectivity index (χ1n) is 5.57. The van der Waals surface area contributed by atoms with Gasteiger partial charge >= 0.3 is 7.32 Å². The lowest BCUT2D eigenvalue weighted by Crippen LogP contribution is -2.44. The molecule has 0 aromatic heterocycles. The number of halogens is 1. The van der Waals surface area contributed by atoms with Crippen molar-refractivity contribution in [1.82, 2.24) is 0 Å². The van der Waals surface area contributed by atoms with Crippen LogP contribution >= 0.6 is 15.9 Å². The van der Waals surface area contributed by atoms with Gasteiger partial charge in [0.05, 0.1) is 11.2 Å². The molecule has 0 radical (unpaired) electrons. The molecule has 1 rings (SSSR count). The molecular formula is C12H22BBrO5. The average Bonchev–Trinajstić information content (AvgIpc) is 2.15. The summed E-state index contributed by atoms with van der Waals surface area (Å²) in [7, 11) is -2.17. The summed E-state index contributed by atoms with van der Waals surface area (Å²) in [6.45, 7) is 6.31. The summed E-state index contributed by atoms with van der Waals surface area (Å²) in [5.41, 5.74) is -2.01. The Balaban J connectivity index is 0. The van der Waals surface area contributed by atoms with E-state index in [0.29, 0.717) is 0 Å². The van der Waals surface area contributed by atoms with Gasteiger partial charge in [0, 0.05) is 4.47 Å². The molecule has 0 aliphatic carbocycles. The zero-order chi connectivity index (χ0) is 15.7. The Labute approximate surface area is 122 Å². The van der Waals surface area contributed by atoms with Crippen molar-refractivity contribution in [2.45, 2.75) is 38.9 Å². The van der Waals surface area contributed by atoms with Crippen LogP contribution in [0.5, 0.6) is 0 Å². The monoisotopic (exact) mass is 336 g/mol. The fraction of sp³-hybridized carbons (Fsp3) is 0.500. The molecule has 7 heteroatoms. The molecule has 5 nitrogen and oxygen atoms in total. The Morgan fingerprint density at radius 3 is 1.21 bits per heavy atom. The first kappa shape index (κ1) is 20.9. The molecule has 5 N–H and O–H groups in total. The van der Waals surface area contributed by atoms with Crippen LogP contribution in [0.15, 0.2) is 34.8 Å². The second-order valence-corrected chi connectivity index (χ2v) is 5.68. The SMILES string of the molecule is Brc1ccccc1.CC(C)(O)C(C)(C)O.OB(O)O. The molecule has 0 aliphatic heterocycles. The fourth-order valence-corrected chi connectivity index (χ4v) is 0.720. The summed E-state index contributed by atoms with van der Waals surface area (Å²) in [5.74, 6) is 0. The third kappa shape index (κ3) is 15.5. The highest BCUT2D eigenvalue weighted by atomic mass is 79.9. The van der Waals surface area contributed by atoms with Crippen LogP contribution in [-0.2, 0) is 0 Å². The van der Waals surface area contributed by atoms with Crippen LogP contribution in [0.2, 0.25) is 0 Å². The van der Waals surface area contributed by atoms with Crippen molar-refractivity contribution in [2.75, 3.05) is 0 Å². The first-order chi connectivity index (χ1) is 8.38. The average molecular weight is 337 g/mol. The number of rotatable bonds is 1. The van der Waals surface area contributed by atoms with Crippen LogP contribution in [0.1, 0.15) is 27.7 Å². The number of hydrogen-bond acceptors (Lipinski definition) is 5. The molecule has 0 heterocycles. The van der Waals surface area contributed by atoms with Gasteiger partial charge < -0.3 is 25.3 Å². The number of benzene rings is 1. The van der Waals surface area contributed by atoms with E-state index in [9.17, 15) is 0 Å². The molecule has 1 aromatic rings. The van der Waals surface area contributed by atoms with Crippen molar-refractivity contribution in [1.29, 1.82) is 0 Å². The molecule has 0 unspecified atom stereocenters. The first-order valence-corrected chi connectivity index (χ1v) is 6.36. The largest absolute Gasteiger partial charge is 0.631 e. The zero-order valence-electron chi connectivity index (χ0n) is 11.6. The highest BCUT2D eigenvalue weighted by Crippen LogP contribution is 2.19. The van der Waals surface area contributed by atoms with Gasteiger partial charge in [0.1, 0.15) is 0 Å². The molecule has 0 fully saturated rings. The van der Waals surface area contributed by atoms with E-state index in [1.54, 1.807) is 27.7 Å². The van der Waals surface area contributed by atoms with Crippen LogP contribution in [0.25, 0.3) is 0 Å². The van der Waals surface area contributed by atoms with Gasteiger partial charge in [-0.3, -0.25) is 0 Å². The van der Waals surface area contributed by atoms with Crippen molar-refractivity contribution in [3.8, 4) is 0 Å². The molecule has 0 amide bonds. The van der Waals surface area contributed by atoms with Gasteiger partial charge in [0.15, 0.2) is 0 Å². The van der Waals surface area contributed by atoms with E-state index in [1.165, 1.54) is 0 Å². The fourth-order valence-electron chi connectivity index (χ4n) is 0.415. The summed E-state index contributed by atoms with van der Waals surface area (Å²) >= 11 is 3.31. The Morgan fingerprint density at radius 1 is 0.842 bits per heavy atom. The van der Waals surface area contributed by atoms with Gasteiger partial charge in [0.2, 0.25) is 0 Å². The van der Waals surface area contributed by atoms with Gasteiger partial charge in [-0.05, 0) is 39.8 Å². The molecular weight excluding hydrogens is 315 g/mol. The lowest BCUT2D eigenvalue weighted by atomic mass is 9.90. The molecule has 0 spiro atoms. The minimum atomic E-state index is -2.17.